The van der Waals surface area contributed by atoms with E-state index >= 15 is 0 Å². The van der Waals surface area contributed by atoms with E-state index in [4.69, 9.17) is 23.2 Å². The average Bonchev–Trinajstić information content (AvgIpc) is 2.79. The molecule has 1 saturated carbocycles. The maximum absolute atomic E-state index is 13.2. The Hall–Kier alpha value is -1.83. The second-order valence-electron chi connectivity index (χ2n) is 9.58. The van der Waals surface area contributed by atoms with E-state index < -0.39 is 0 Å². The maximum atomic E-state index is 13.2. The SMILES string of the molecule is CC(=O)N1CCC(C2CCC3NCN(CC(=O)NCc4cc(Cl)cc(Cl)c4)C(=O)C3C2)CC1. The van der Waals surface area contributed by atoms with Gasteiger partial charge in [0.15, 0.2) is 0 Å². The summed E-state index contributed by atoms with van der Waals surface area (Å²) in [5, 5.41) is 7.38. The summed E-state index contributed by atoms with van der Waals surface area (Å²) in [5.41, 5.74) is 0.815. The number of halogens is 2. The first-order chi connectivity index (χ1) is 15.8. The van der Waals surface area contributed by atoms with E-state index in [0.29, 0.717) is 35.1 Å². The van der Waals surface area contributed by atoms with Gasteiger partial charge in [0.25, 0.3) is 0 Å². The van der Waals surface area contributed by atoms with Crippen LogP contribution in [0.4, 0.5) is 0 Å². The molecule has 2 saturated heterocycles. The van der Waals surface area contributed by atoms with Gasteiger partial charge in [-0.1, -0.05) is 23.2 Å². The topological polar surface area (TPSA) is 81.8 Å². The number of hydrogen-bond acceptors (Lipinski definition) is 4. The lowest BCUT2D eigenvalue weighted by molar-refractivity contribution is -0.146. The third-order valence-electron chi connectivity index (χ3n) is 7.46. The zero-order valence-electron chi connectivity index (χ0n) is 19.0. The highest BCUT2D eigenvalue weighted by Gasteiger charge is 2.43. The monoisotopic (exact) mass is 494 g/mol. The molecule has 2 heterocycles. The predicted molar refractivity (Wildman–Crippen MR) is 128 cm³/mol. The van der Waals surface area contributed by atoms with E-state index in [1.165, 1.54) is 0 Å². The highest BCUT2D eigenvalue weighted by molar-refractivity contribution is 6.34. The second-order valence-corrected chi connectivity index (χ2v) is 10.5. The summed E-state index contributed by atoms with van der Waals surface area (Å²) in [5.74, 6) is 1.01. The first kappa shape index (κ1) is 24.3. The summed E-state index contributed by atoms with van der Waals surface area (Å²) in [4.78, 5) is 40.9. The van der Waals surface area contributed by atoms with Crippen molar-refractivity contribution in [2.24, 2.45) is 17.8 Å². The Bertz CT molecular complexity index is 883. The van der Waals surface area contributed by atoms with Crippen LogP contribution in [0.5, 0.6) is 0 Å². The average molecular weight is 495 g/mol. The molecule has 3 fully saturated rings. The van der Waals surface area contributed by atoms with Gasteiger partial charge in [0.1, 0.15) is 6.54 Å². The minimum Gasteiger partial charge on any atom is -0.350 e. The molecule has 4 rings (SSSR count). The Balaban J connectivity index is 1.29. The van der Waals surface area contributed by atoms with E-state index in [0.717, 1.165) is 50.8 Å². The molecule has 7 nitrogen and oxygen atoms in total. The molecule has 180 valence electrons. The number of benzene rings is 1. The molecule has 1 aromatic rings. The summed E-state index contributed by atoms with van der Waals surface area (Å²) in [6, 6.07) is 5.36. The molecule has 3 atom stereocenters. The first-order valence-corrected chi connectivity index (χ1v) is 12.5. The molecule has 3 aliphatic rings. The third kappa shape index (κ3) is 6.00. The summed E-state index contributed by atoms with van der Waals surface area (Å²) in [6.45, 7) is 4.01. The van der Waals surface area contributed by atoms with E-state index in [1.54, 1.807) is 30.0 Å². The van der Waals surface area contributed by atoms with Crippen LogP contribution in [0.15, 0.2) is 18.2 Å². The standard InChI is InChI=1S/C24H32Cl2N4O3/c1-15(31)29-6-4-17(5-7-29)18-2-3-22-21(10-18)24(33)30(14-28-22)13-23(32)27-12-16-8-19(25)11-20(26)9-16/h8-9,11,17-18,21-22,28H,2-7,10,12-14H2,1H3,(H,27,32). The molecule has 3 unspecified atom stereocenters. The lowest BCUT2D eigenvalue weighted by Gasteiger charge is -2.46. The minimum atomic E-state index is -0.205. The molecule has 1 aliphatic carbocycles. The van der Waals surface area contributed by atoms with Crippen molar-refractivity contribution in [3.05, 3.63) is 33.8 Å². The van der Waals surface area contributed by atoms with Crippen LogP contribution in [0.2, 0.25) is 10.0 Å². The molecule has 0 bridgehead atoms. The lowest BCUT2D eigenvalue weighted by Crippen LogP contribution is -2.60. The summed E-state index contributed by atoms with van der Waals surface area (Å²) in [7, 11) is 0. The molecule has 0 aromatic heterocycles. The van der Waals surface area contributed by atoms with Crippen molar-refractivity contribution >= 4 is 40.9 Å². The fourth-order valence-electron chi connectivity index (χ4n) is 5.65. The van der Waals surface area contributed by atoms with Crippen LogP contribution in [0.25, 0.3) is 0 Å². The number of piperidine rings is 1. The number of carbonyl (C=O) groups excluding carboxylic acids is 3. The van der Waals surface area contributed by atoms with Gasteiger partial charge in [-0.2, -0.15) is 0 Å². The normalized spacial score (nSPS) is 26.2. The molecular weight excluding hydrogens is 463 g/mol. The molecule has 1 aromatic carbocycles. The highest BCUT2D eigenvalue weighted by atomic mass is 35.5. The maximum Gasteiger partial charge on any atom is 0.239 e. The molecule has 2 aliphatic heterocycles. The lowest BCUT2D eigenvalue weighted by atomic mass is 9.69. The van der Waals surface area contributed by atoms with E-state index in [2.05, 4.69) is 10.6 Å². The summed E-state index contributed by atoms with van der Waals surface area (Å²) in [6.07, 6.45) is 5.00. The molecule has 3 amide bonds. The van der Waals surface area contributed by atoms with Crippen molar-refractivity contribution < 1.29 is 14.4 Å². The van der Waals surface area contributed by atoms with Crippen molar-refractivity contribution in [1.82, 2.24) is 20.4 Å². The highest BCUT2D eigenvalue weighted by Crippen LogP contribution is 2.40. The van der Waals surface area contributed by atoms with Gasteiger partial charge in [0.2, 0.25) is 17.7 Å². The number of nitrogens with zero attached hydrogens (tertiary/aromatic N) is 2. The van der Waals surface area contributed by atoms with Gasteiger partial charge in [-0.3, -0.25) is 19.7 Å². The number of fused-ring (bicyclic) bond motifs is 1. The third-order valence-corrected chi connectivity index (χ3v) is 7.90. The van der Waals surface area contributed by atoms with Gasteiger partial charge in [0.05, 0.1) is 12.6 Å². The fraction of sp³-hybridized carbons (Fsp3) is 0.625. The zero-order valence-corrected chi connectivity index (χ0v) is 20.5. The Kier molecular flexibility index (Phi) is 7.82. The second kappa shape index (κ2) is 10.6. The van der Waals surface area contributed by atoms with Crippen molar-refractivity contribution in [3.63, 3.8) is 0 Å². The smallest absolute Gasteiger partial charge is 0.239 e. The van der Waals surface area contributed by atoms with Crippen molar-refractivity contribution in [3.8, 4) is 0 Å². The Morgan fingerprint density at radius 3 is 2.42 bits per heavy atom. The van der Waals surface area contributed by atoms with Gasteiger partial charge in [-0.15, -0.1) is 0 Å². The Morgan fingerprint density at radius 2 is 1.76 bits per heavy atom. The van der Waals surface area contributed by atoms with Gasteiger partial charge in [0, 0.05) is 42.6 Å². The van der Waals surface area contributed by atoms with Crippen LogP contribution in [0, 0.1) is 17.8 Å². The number of hydrogen-bond donors (Lipinski definition) is 2. The molecule has 9 heteroatoms. The predicted octanol–water partition coefficient (Wildman–Crippen LogP) is 3.04. The molecular formula is C24H32Cl2N4O3. The minimum absolute atomic E-state index is 0.0328. The van der Waals surface area contributed by atoms with E-state index in [9.17, 15) is 14.4 Å². The van der Waals surface area contributed by atoms with Crippen LogP contribution in [0.3, 0.4) is 0 Å². The number of rotatable bonds is 5. The molecule has 0 radical (unpaired) electrons. The van der Waals surface area contributed by atoms with Gasteiger partial charge in [-0.05, 0) is 67.7 Å². The van der Waals surface area contributed by atoms with Crippen LogP contribution < -0.4 is 10.6 Å². The summed E-state index contributed by atoms with van der Waals surface area (Å²) >= 11 is 12.0. The van der Waals surface area contributed by atoms with E-state index in [-0.39, 0.29) is 36.2 Å². The zero-order chi connectivity index (χ0) is 23.5. The van der Waals surface area contributed by atoms with Crippen molar-refractivity contribution in [2.45, 2.75) is 51.6 Å². The van der Waals surface area contributed by atoms with Crippen LogP contribution in [-0.4, -0.2) is 59.9 Å². The quantitative estimate of drug-likeness (QED) is 0.658. The Labute approximate surface area is 205 Å². The van der Waals surface area contributed by atoms with Crippen molar-refractivity contribution in [2.75, 3.05) is 26.3 Å². The molecule has 0 spiro atoms. The largest absolute Gasteiger partial charge is 0.350 e. The number of nitrogens with one attached hydrogen (secondary N) is 2. The van der Waals surface area contributed by atoms with Crippen LogP contribution >= 0.6 is 23.2 Å². The van der Waals surface area contributed by atoms with Gasteiger partial charge < -0.3 is 15.1 Å². The number of amides is 3. The molecule has 2 N–H and O–H groups in total. The van der Waals surface area contributed by atoms with E-state index in [1.807, 2.05) is 4.90 Å². The Morgan fingerprint density at radius 1 is 1.06 bits per heavy atom. The summed E-state index contributed by atoms with van der Waals surface area (Å²) < 4.78 is 0. The first-order valence-electron chi connectivity index (χ1n) is 11.8. The van der Waals surface area contributed by atoms with Gasteiger partial charge >= 0.3 is 0 Å². The van der Waals surface area contributed by atoms with Crippen molar-refractivity contribution in [1.29, 1.82) is 0 Å². The fourth-order valence-corrected chi connectivity index (χ4v) is 6.22. The van der Waals surface area contributed by atoms with Gasteiger partial charge in [-0.25, -0.2) is 0 Å². The number of likely N-dealkylation sites (tertiary alicyclic amines) is 1. The van der Waals surface area contributed by atoms with Crippen LogP contribution in [0.1, 0.15) is 44.6 Å². The molecule has 33 heavy (non-hydrogen) atoms. The van der Waals surface area contributed by atoms with Crippen LogP contribution in [-0.2, 0) is 20.9 Å². The number of carbonyl (C=O) groups is 3.